The Morgan fingerprint density at radius 2 is 1.55 bits per heavy atom. The summed E-state index contributed by atoms with van der Waals surface area (Å²) in [7, 11) is 0. The van der Waals surface area contributed by atoms with E-state index < -0.39 is 0 Å². The predicted molar refractivity (Wildman–Crippen MR) is 131 cm³/mol. The van der Waals surface area contributed by atoms with Gasteiger partial charge in [0, 0.05) is 25.0 Å². The number of para-hydroxylation sites is 1. The van der Waals surface area contributed by atoms with E-state index in [1.807, 2.05) is 24.3 Å². The number of ketones is 1. The number of nitrogens with zero attached hydrogens (tertiary/aromatic N) is 2. The molecule has 0 radical (unpaired) electrons. The normalized spacial score (nSPS) is 16.5. The molecule has 0 unspecified atom stereocenters. The second kappa shape index (κ2) is 9.82. The van der Waals surface area contributed by atoms with E-state index in [1.54, 1.807) is 0 Å². The summed E-state index contributed by atoms with van der Waals surface area (Å²) >= 11 is 0. The molecule has 1 aromatic heterocycles. The number of hydrogen-bond donors (Lipinski definition) is 1. The largest absolute Gasteiger partial charge is 0.398 e. The van der Waals surface area contributed by atoms with Gasteiger partial charge in [-0.2, -0.15) is 0 Å². The molecule has 162 valence electrons. The number of aryl methyl sites for hydroxylation is 1. The molecule has 1 aliphatic heterocycles. The van der Waals surface area contributed by atoms with Gasteiger partial charge >= 0.3 is 0 Å². The molecule has 0 amide bonds. The zero-order valence-corrected chi connectivity index (χ0v) is 19.0. The number of allylic oxidation sites excluding steroid dienone is 1. The molecule has 1 saturated heterocycles. The molecule has 5 rings (SSSR count). The minimum Gasteiger partial charge on any atom is -0.398 e. The molecule has 0 spiro atoms. The first-order chi connectivity index (χ1) is 14.2. The Morgan fingerprint density at radius 1 is 0.871 bits per heavy atom. The summed E-state index contributed by atoms with van der Waals surface area (Å²) in [6.45, 7) is 2.97. The number of piperidine rings is 1. The number of benzene rings is 2. The minimum absolute atomic E-state index is 0. The van der Waals surface area contributed by atoms with Crippen molar-refractivity contribution < 1.29 is 4.79 Å². The van der Waals surface area contributed by atoms with Gasteiger partial charge in [0.2, 0.25) is 0 Å². The van der Waals surface area contributed by atoms with Crippen LogP contribution >= 0.6 is 24.8 Å². The van der Waals surface area contributed by atoms with Gasteiger partial charge in [-0.25, -0.2) is 0 Å². The lowest BCUT2D eigenvalue weighted by atomic mass is 9.83. The Kier molecular flexibility index (Phi) is 7.37. The molecule has 2 aliphatic rings. The quantitative estimate of drug-likeness (QED) is 0.526. The number of anilines is 1. The average molecular weight is 456 g/mol. The fraction of sp³-hybridized carbons (Fsp3) is 0.280. The van der Waals surface area contributed by atoms with E-state index in [2.05, 4.69) is 35.2 Å². The molecule has 1 fully saturated rings. The third kappa shape index (κ3) is 4.47. The number of nitrogens with two attached hydrogens (primary N) is 1. The maximum atomic E-state index is 13.4. The van der Waals surface area contributed by atoms with Crippen LogP contribution in [0.2, 0.25) is 0 Å². The maximum absolute atomic E-state index is 13.4. The number of pyridine rings is 1. The molecule has 2 aromatic carbocycles. The number of halogens is 2. The van der Waals surface area contributed by atoms with Crippen molar-refractivity contribution >= 4 is 47.2 Å². The highest BCUT2D eigenvalue weighted by Gasteiger charge is 2.30. The van der Waals surface area contributed by atoms with E-state index in [4.69, 9.17) is 10.7 Å². The van der Waals surface area contributed by atoms with E-state index >= 15 is 0 Å². The van der Waals surface area contributed by atoms with Gasteiger partial charge in [0.15, 0.2) is 5.78 Å². The van der Waals surface area contributed by atoms with Gasteiger partial charge in [0.25, 0.3) is 0 Å². The SMILES string of the molecule is Cl.Cl.Nc1c2c(nc3ccccc13)CCC(=C1CCN(Cc3ccccc3)CC1)C2=O. The number of Topliss-reactive ketones (excluding diaryl/α,β-unsaturated/α-hetero) is 1. The third-order valence-corrected chi connectivity index (χ3v) is 6.26. The molecule has 0 saturated carbocycles. The number of nitrogen functional groups attached to an aromatic ring is 1. The number of fused-ring (bicyclic) bond motifs is 2. The molecule has 2 N–H and O–H groups in total. The van der Waals surface area contributed by atoms with Gasteiger partial charge in [-0.15, -0.1) is 24.8 Å². The van der Waals surface area contributed by atoms with E-state index in [0.29, 0.717) is 11.3 Å². The smallest absolute Gasteiger partial charge is 0.192 e. The Balaban J connectivity index is 0.00000136. The van der Waals surface area contributed by atoms with E-state index in [-0.39, 0.29) is 30.6 Å². The van der Waals surface area contributed by atoms with Crippen LogP contribution in [0.5, 0.6) is 0 Å². The van der Waals surface area contributed by atoms with Crippen molar-refractivity contribution in [1.29, 1.82) is 0 Å². The lowest BCUT2D eigenvalue weighted by Gasteiger charge is -2.31. The second-order valence-electron chi connectivity index (χ2n) is 8.04. The summed E-state index contributed by atoms with van der Waals surface area (Å²) in [5.41, 5.74) is 13.1. The van der Waals surface area contributed by atoms with Crippen LogP contribution in [-0.4, -0.2) is 28.8 Å². The zero-order chi connectivity index (χ0) is 19.8. The van der Waals surface area contributed by atoms with Gasteiger partial charge in [0.05, 0.1) is 22.5 Å². The van der Waals surface area contributed by atoms with Crippen LogP contribution in [0.1, 0.15) is 40.9 Å². The molecule has 0 bridgehead atoms. The van der Waals surface area contributed by atoms with E-state index in [1.165, 1.54) is 11.1 Å². The first-order valence-corrected chi connectivity index (χ1v) is 10.4. The Hall–Kier alpha value is -2.40. The highest BCUT2D eigenvalue weighted by Crippen LogP contribution is 2.36. The predicted octanol–water partition coefficient (Wildman–Crippen LogP) is 5.38. The van der Waals surface area contributed by atoms with Crippen LogP contribution in [0.4, 0.5) is 5.69 Å². The molecular formula is C25H27Cl2N3O. The highest BCUT2D eigenvalue weighted by molar-refractivity contribution is 6.17. The summed E-state index contributed by atoms with van der Waals surface area (Å²) in [6.07, 6.45) is 3.50. The van der Waals surface area contributed by atoms with Crippen molar-refractivity contribution in [3.63, 3.8) is 0 Å². The number of rotatable bonds is 2. The summed E-state index contributed by atoms with van der Waals surface area (Å²) in [5.74, 6) is 0.105. The standard InChI is InChI=1S/C25H25N3O.2ClH/c26-24-20-8-4-5-9-21(20)27-22-11-10-19(25(29)23(22)24)18-12-14-28(15-13-18)16-17-6-2-1-3-7-17;;/h1-9H,10-16H2,(H2,26,27);2*1H. The molecule has 31 heavy (non-hydrogen) atoms. The maximum Gasteiger partial charge on any atom is 0.192 e. The molecule has 1 aliphatic carbocycles. The van der Waals surface area contributed by atoms with Crippen LogP contribution in [-0.2, 0) is 13.0 Å². The van der Waals surface area contributed by atoms with Crippen molar-refractivity contribution in [2.24, 2.45) is 0 Å². The number of likely N-dealkylation sites (tertiary alicyclic amines) is 1. The number of hydrogen-bond acceptors (Lipinski definition) is 4. The Bertz CT molecular complexity index is 1120. The first-order valence-electron chi connectivity index (χ1n) is 10.4. The van der Waals surface area contributed by atoms with Crippen LogP contribution in [0.15, 0.2) is 65.7 Å². The van der Waals surface area contributed by atoms with E-state index in [0.717, 1.165) is 67.5 Å². The van der Waals surface area contributed by atoms with Crippen LogP contribution in [0.25, 0.3) is 10.9 Å². The molecule has 0 atom stereocenters. The Morgan fingerprint density at radius 3 is 2.29 bits per heavy atom. The molecule has 4 nitrogen and oxygen atoms in total. The number of carbonyl (C=O) groups is 1. The molecular weight excluding hydrogens is 429 g/mol. The number of carbonyl (C=O) groups excluding carboxylic acids is 1. The van der Waals surface area contributed by atoms with Gasteiger partial charge in [-0.3, -0.25) is 14.7 Å². The fourth-order valence-corrected chi connectivity index (χ4v) is 4.69. The van der Waals surface area contributed by atoms with Crippen LogP contribution in [0.3, 0.4) is 0 Å². The topological polar surface area (TPSA) is 59.2 Å². The zero-order valence-electron chi connectivity index (χ0n) is 17.3. The number of aromatic nitrogens is 1. The minimum atomic E-state index is 0. The van der Waals surface area contributed by atoms with Crippen molar-refractivity contribution in [2.75, 3.05) is 18.8 Å². The highest BCUT2D eigenvalue weighted by atomic mass is 35.5. The summed E-state index contributed by atoms with van der Waals surface area (Å²) < 4.78 is 0. The van der Waals surface area contributed by atoms with Gasteiger partial charge in [-0.05, 0) is 42.9 Å². The van der Waals surface area contributed by atoms with Gasteiger partial charge < -0.3 is 5.73 Å². The lowest BCUT2D eigenvalue weighted by molar-refractivity contribution is 0.102. The lowest BCUT2D eigenvalue weighted by Crippen LogP contribution is -2.31. The average Bonchev–Trinajstić information content (AvgIpc) is 2.75. The van der Waals surface area contributed by atoms with Crippen LogP contribution in [0, 0.1) is 0 Å². The fourth-order valence-electron chi connectivity index (χ4n) is 4.69. The summed E-state index contributed by atoms with van der Waals surface area (Å²) in [6, 6.07) is 18.4. The molecule has 6 heteroatoms. The molecule has 2 heterocycles. The molecule has 3 aromatic rings. The van der Waals surface area contributed by atoms with Gasteiger partial charge in [0.1, 0.15) is 0 Å². The Labute approximate surface area is 195 Å². The van der Waals surface area contributed by atoms with Crippen LogP contribution < -0.4 is 5.73 Å². The first kappa shape index (κ1) is 23.3. The van der Waals surface area contributed by atoms with E-state index in [9.17, 15) is 4.79 Å². The van der Waals surface area contributed by atoms with Crippen molar-refractivity contribution in [3.8, 4) is 0 Å². The van der Waals surface area contributed by atoms with Gasteiger partial charge in [-0.1, -0.05) is 54.1 Å². The second-order valence-corrected chi connectivity index (χ2v) is 8.04. The van der Waals surface area contributed by atoms with Crippen molar-refractivity contribution in [1.82, 2.24) is 9.88 Å². The third-order valence-electron chi connectivity index (χ3n) is 6.26. The summed E-state index contributed by atoms with van der Waals surface area (Å²) in [5, 5.41) is 0.878. The summed E-state index contributed by atoms with van der Waals surface area (Å²) in [4.78, 5) is 20.6. The van der Waals surface area contributed by atoms with Crippen molar-refractivity contribution in [3.05, 3.63) is 82.6 Å². The monoisotopic (exact) mass is 455 g/mol. The van der Waals surface area contributed by atoms with Crippen molar-refractivity contribution in [2.45, 2.75) is 32.2 Å².